The topological polar surface area (TPSA) is 163 Å². The van der Waals surface area contributed by atoms with Gasteiger partial charge in [0, 0.05) is 20.1 Å². The maximum absolute atomic E-state index is 10.7. The first-order valence-corrected chi connectivity index (χ1v) is 15.9. The lowest BCUT2D eigenvalue weighted by atomic mass is 10.2. The van der Waals surface area contributed by atoms with E-state index in [9.17, 15) is 25.3 Å². The van der Waals surface area contributed by atoms with E-state index in [2.05, 4.69) is 0 Å². The van der Waals surface area contributed by atoms with E-state index in [1.807, 2.05) is 0 Å². The van der Waals surface area contributed by atoms with Crippen LogP contribution in [0, 0.1) is 20.8 Å². The van der Waals surface area contributed by atoms with E-state index < -0.39 is 30.4 Å². The van der Waals surface area contributed by atoms with Crippen LogP contribution >= 0.6 is 58.0 Å². The summed E-state index contributed by atoms with van der Waals surface area (Å²) in [5.41, 5.74) is 1.63. The van der Waals surface area contributed by atoms with Crippen LogP contribution < -0.4 is 0 Å². The molecule has 38 heavy (non-hydrogen) atoms. The standard InChI is InChI=1S/2C7H6Cl2O3S.C7H7ClO3S/c1-4-6(8)2-5(3-7(4)9)13(10,11)12;1-4-5(8)2-3-6(7(4)9)13(10,11)12;1-5-4-6(12(9,10)11)2-3-7(5)8/h2*2-3H,1H3,(H,10,11,12);2-4H,1H3,(H,9,10,11). The smallest absolute Gasteiger partial charge is 0.282 e. The van der Waals surface area contributed by atoms with Crippen LogP contribution in [0.5, 0.6) is 0 Å². The number of hydrogen-bond acceptors (Lipinski definition) is 6. The zero-order chi connectivity index (χ0) is 29.8. The Morgan fingerprint density at radius 3 is 1.37 bits per heavy atom. The number of aryl methyl sites for hydroxylation is 1. The van der Waals surface area contributed by atoms with Crippen LogP contribution in [-0.4, -0.2) is 38.9 Å². The molecule has 0 fully saturated rings. The maximum Gasteiger partial charge on any atom is 0.296 e. The second-order valence-corrected chi connectivity index (χ2v) is 13.6. The summed E-state index contributed by atoms with van der Waals surface area (Å²) < 4.78 is 90.1. The van der Waals surface area contributed by atoms with Gasteiger partial charge in [-0.3, -0.25) is 13.7 Å². The molecule has 0 radical (unpaired) electrons. The number of benzene rings is 3. The van der Waals surface area contributed by atoms with Crippen LogP contribution in [0.25, 0.3) is 0 Å². The molecule has 3 aromatic carbocycles. The second kappa shape index (κ2) is 13.5. The van der Waals surface area contributed by atoms with Crippen molar-refractivity contribution in [2.24, 2.45) is 0 Å². The molecule has 0 heterocycles. The van der Waals surface area contributed by atoms with Gasteiger partial charge < -0.3 is 0 Å². The van der Waals surface area contributed by atoms with E-state index in [0.29, 0.717) is 26.7 Å². The monoisotopic (exact) mass is 686 g/mol. The molecule has 0 bridgehead atoms. The van der Waals surface area contributed by atoms with E-state index in [-0.39, 0.29) is 29.8 Å². The Morgan fingerprint density at radius 2 is 0.974 bits per heavy atom. The van der Waals surface area contributed by atoms with Gasteiger partial charge in [-0.2, -0.15) is 25.3 Å². The molecule has 0 unspecified atom stereocenters. The Morgan fingerprint density at radius 1 is 0.526 bits per heavy atom. The quantitative estimate of drug-likeness (QED) is 0.246. The highest BCUT2D eigenvalue weighted by Crippen LogP contribution is 2.30. The summed E-state index contributed by atoms with van der Waals surface area (Å²) in [4.78, 5) is -0.756. The van der Waals surface area contributed by atoms with Gasteiger partial charge in [0.15, 0.2) is 0 Å². The molecule has 3 rings (SSSR count). The SMILES string of the molecule is Cc1c(Cl)cc(S(=O)(=O)O)cc1Cl.Cc1c(Cl)ccc(S(=O)(=O)O)c1Cl.Cc1cc(S(=O)(=O)O)ccc1Cl. The molecule has 0 atom stereocenters. The van der Waals surface area contributed by atoms with Crippen LogP contribution in [0.15, 0.2) is 57.2 Å². The lowest BCUT2D eigenvalue weighted by Gasteiger charge is -2.04. The normalized spacial score (nSPS) is 11.7. The lowest BCUT2D eigenvalue weighted by Crippen LogP contribution is -2.00. The first kappa shape index (κ1) is 34.9. The molecule has 0 spiro atoms. The lowest BCUT2D eigenvalue weighted by molar-refractivity contribution is 0.481. The van der Waals surface area contributed by atoms with Crippen LogP contribution in [0.4, 0.5) is 0 Å². The van der Waals surface area contributed by atoms with Crippen molar-refractivity contribution in [3.05, 3.63) is 84.3 Å². The van der Waals surface area contributed by atoms with Gasteiger partial charge in [0.05, 0.1) is 14.8 Å². The van der Waals surface area contributed by atoms with Gasteiger partial charge >= 0.3 is 0 Å². The molecule has 210 valence electrons. The van der Waals surface area contributed by atoms with Crippen molar-refractivity contribution in [1.29, 1.82) is 0 Å². The fourth-order valence-electron chi connectivity index (χ4n) is 2.38. The Balaban J connectivity index is 0.000000285. The fourth-order valence-corrected chi connectivity index (χ4v) is 5.50. The minimum atomic E-state index is -4.26. The van der Waals surface area contributed by atoms with Crippen molar-refractivity contribution in [2.45, 2.75) is 35.5 Å². The van der Waals surface area contributed by atoms with E-state index >= 15 is 0 Å². The largest absolute Gasteiger partial charge is 0.296 e. The molecule has 0 aliphatic heterocycles. The van der Waals surface area contributed by atoms with E-state index in [1.54, 1.807) is 20.8 Å². The summed E-state index contributed by atoms with van der Waals surface area (Å²) in [6.07, 6.45) is 0. The van der Waals surface area contributed by atoms with Crippen molar-refractivity contribution in [3.63, 3.8) is 0 Å². The zero-order valence-electron chi connectivity index (χ0n) is 19.4. The average Bonchev–Trinajstić information content (AvgIpc) is 2.76. The minimum Gasteiger partial charge on any atom is -0.282 e. The summed E-state index contributed by atoms with van der Waals surface area (Å²) in [7, 11) is -12.6. The fraction of sp³-hybridized carbons (Fsp3) is 0.143. The van der Waals surface area contributed by atoms with E-state index in [4.69, 9.17) is 71.7 Å². The van der Waals surface area contributed by atoms with Crippen LogP contribution in [0.2, 0.25) is 25.1 Å². The molecule has 9 nitrogen and oxygen atoms in total. The van der Waals surface area contributed by atoms with E-state index in [1.165, 1.54) is 24.3 Å². The Bertz CT molecular complexity index is 1650. The molecule has 0 aliphatic rings. The first-order valence-electron chi connectivity index (χ1n) is 9.66. The van der Waals surface area contributed by atoms with Gasteiger partial charge in [-0.05, 0) is 79.9 Å². The third-order valence-corrected chi connectivity index (χ3v) is 9.34. The predicted octanol–water partition coefficient (Wildman–Crippen LogP) is 6.99. The summed E-state index contributed by atoms with van der Waals surface area (Å²) in [5.74, 6) is 0. The van der Waals surface area contributed by atoms with Gasteiger partial charge in [0.2, 0.25) is 0 Å². The average molecular weight is 689 g/mol. The van der Waals surface area contributed by atoms with Crippen LogP contribution in [0.1, 0.15) is 16.7 Å². The third-order valence-electron chi connectivity index (χ3n) is 4.54. The molecule has 0 saturated heterocycles. The van der Waals surface area contributed by atoms with Gasteiger partial charge in [-0.25, -0.2) is 0 Å². The van der Waals surface area contributed by atoms with Crippen molar-refractivity contribution in [2.75, 3.05) is 0 Å². The Kier molecular flexibility index (Phi) is 12.4. The minimum absolute atomic E-state index is 0.0463. The van der Waals surface area contributed by atoms with Gasteiger partial charge in [0.1, 0.15) is 4.90 Å². The second-order valence-electron chi connectivity index (χ2n) is 7.33. The summed E-state index contributed by atoms with van der Waals surface area (Å²) >= 11 is 28.3. The highest BCUT2D eigenvalue weighted by atomic mass is 35.5. The van der Waals surface area contributed by atoms with Crippen molar-refractivity contribution >= 4 is 88.4 Å². The number of halogens is 5. The summed E-state index contributed by atoms with van der Waals surface area (Å²) in [6, 6.07) is 8.83. The summed E-state index contributed by atoms with van der Waals surface area (Å²) in [6.45, 7) is 4.88. The highest BCUT2D eigenvalue weighted by molar-refractivity contribution is 7.86. The van der Waals surface area contributed by atoms with Gasteiger partial charge in [-0.1, -0.05) is 58.0 Å². The Labute approximate surface area is 245 Å². The van der Waals surface area contributed by atoms with Crippen molar-refractivity contribution in [1.82, 2.24) is 0 Å². The third kappa shape index (κ3) is 10.1. The number of rotatable bonds is 3. The molecule has 3 aromatic rings. The van der Waals surface area contributed by atoms with Gasteiger partial charge in [-0.15, -0.1) is 0 Å². The predicted molar refractivity (Wildman–Crippen MR) is 148 cm³/mol. The molecule has 0 amide bonds. The van der Waals surface area contributed by atoms with Crippen LogP contribution in [-0.2, 0) is 30.4 Å². The molecule has 0 aromatic heterocycles. The molecular formula is C21H19Cl5O9S3. The maximum atomic E-state index is 10.7. The molecule has 17 heteroatoms. The van der Waals surface area contributed by atoms with Crippen molar-refractivity contribution < 1.29 is 38.9 Å². The van der Waals surface area contributed by atoms with E-state index in [0.717, 1.165) is 18.2 Å². The summed E-state index contributed by atoms with van der Waals surface area (Å²) in [5, 5.41) is 1.20. The molecule has 0 aliphatic carbocycles. The molecule has 0 saturated carbocycles. The first-order chi connectivity index (χ1) is 17.1. The zero-order valence-corrected chi connectivity index (χ0v) is 25.7. The molecular weight excluding hydrogens is 670 g/mol. The molecule has 3 N–H and O–H groups in total. The highest BCUT2D eigenvalue weighted by Gasteiger charge is 2.17. The van der Waals surface area contributed by atoms with Crippen LogP contribution in [0.3, 0.4) is 0 Å². The van der Waals surface area contributed by atoms with Gasteiger partial charge in [0.25, 0.3) is 30.4 Å². The van der Waals surface area contributed by atoms with Crippen molar-refractivity contribution in [3.8, 4) is 0 Å². The number of hydrogen-bond donors (Lipinski definition) is 3. The Hall–Kier alpha value is -1.16.